The Balaban J connectivity index is 0.000000182. The maximum absolute atomic E-state index is 11.8. The summed E-state index contributed by atoms with van der Waals surface area (Å²) < 4.78 is 8.79. The molecule has 2 N–H and O–H groups in total. The van der Waals surface area contributed by atoms with Gasteiger partial charge in [-0.2, -0.15) is 0 Å². The number of hydrogen-bond acceptors (Lipinski definition) is 2. The summed E-state index contributed by atoms with van der Waals surface area (Å²) in [6.45, 7) is 19.7. The maximum atomic E-state index is 11.8. The van der Waals surface area contributed by atoms with Gasteiger partial charge >= 0.3 is 0 Å². The Morgan fingerprint density at radius 1 is 0.292 bits per heavy atom. The Bertz CT molecular complexity index is 2830. The van der Waals surface area contributed by atoms with E-state index in [1.165, 1.54) is 22.8 Å². The van der Waals surface area contributed by atoms with Crippen LogP contribution >= 0.6 is 0 Å². The first-order valence-corrected chi connectivity index (χ1v) is 23.0. The van der Waals surface area contributed by atoms with Gasteiger partial charge in [0.1, 0.15) is 0 Å². The first-order valence-electron chi connectivity index (χ1n) is 23.0. The summed E-state index contributed by atoms with van der Waals surface area (Å²) in [4.78, 5) is 0. The number of phenols is 2. The number of nitrogens with zero attached hydrogens (tertiary/aromatic N) is 4. The summed E-state index contributed by atoms with van der Waals surface area (Å²) in [5, 5.41) is 23.3. The third kappa shape index (κ3) is 8.61. The van der Waals surface area contributed by atoms with Crippen LogP contribution in [0.15, 0.2) is 176 Å². The smallest absolute Gasteiger partial charge is 0.163 e. The lowest BCUT2D eigenvalue weighted by Crippen LogP contribution is -2.11. The van der Waals surface area contributed by atoms with Gasteiger partial charge in [-0.3, -0.25) is 0 Å². The molecule has 4 aromatic heterocycles. The fourth-order valence-electron chi connectivity index (χ4n) is 9.11. The molecule has 0 atom stereocenters. The van der Waals surface area contributed by atoms with Gasteiger partial charge in [0.2, 0.25) is 0 Å². The van der Waals surface area contributed by atoms with Crippen LogP contribution in [-0.4, -0.2) is 28.5 Å². The molecule has 4 heterocycles. The molecule has 0 radical (unpaired) electrons. The quantitative estimate of drug-likeness (QED) is 0.136. The van der Waals surface area contributed by atoms with Gasteiger partial charge in [-0.05, 0) is 120 Å². The Labute approximate surface area is 385 Å². The summed E-state index contributed by atoms with van der Waals surface area (Å²) >= 11 is 0. The van der Waals surface area contributed by atoms with Gasteiger partial charge in [-0.15, -0.1) is 0 Å². The van der Waals surface area contributed by atoms with E-state index in [1.807, 2.05) is 84.9 Å². The molecule has 0 aliphatic heterocycles. The van der Waals surface area contributed by atoms with Crippen molar-refractivity contribution in [3.8, 4) is 68.0 Å². The molecule has 0 spiro atoms. The Kier molecular flexibility index (Phi) is 12.9. The lowest BCUT2D eigenvalue weighted by atomic mass is 10.1. The van der Waals surface area contributed by atoms with E-state index in [-0.39, 0.29) is 5.75 Å². The van der Waals surface area contributed by atoms with Crippen molar-refractivity contribution < 1.29 is 10.2 Å². The second-order valence-electron chi connectivity index (χ2n) is 18.2. The molecule has 330 valence electrons. The number of aromatic nitrogens is 4. The van der Waals surface area contributed by atoms with Crippen molar-refractivity contribution in [3.63, 3.8) is 0 Å². The first-order chi connectivity index (χ1) is 31.4. The van der Waals surface area contributed by atoms with E-state index >= 15 is 0 Å². The molecule has 0 aliphatic carbocycles. The zero-order chi connectivity index (χ0) is 45.9. The van der Waals surface area contributed by atoms with Gasteiger partial charge in [-0.1, -0.05) is 159 Å². The molecule has 9 aromatic rings. The average molecular weight is 859 g/mol. The monoisotopic (exact) mass is 858 g/mol. The largest absolute Gasteiger partial charge is 0.504 e. The highest BCUT2D eigenvalue weighted by molar-refractivity contribution is 5.77. The molecule has 0 fully saturated rings. The van der Waals surface area contributed by atoms with Crippen LogP contribution in [0, 0.1) is 6.92 Å². The minimum Gasteiger partial charge on any atom is -0.504 e. The van der Waals surface area contributed by atoms with E-state index in [0.717, 1.165) is 62.2 Å². The van der Waals surface area contributed by atoms with Gasteiger partial charge in [0.25, 0.3) is 0 Å². The predicted molar refractivity (Wildman–Crippen MR) is 271 cm³/mol. The molecule has 65 heavy (non-hydrogen) atoms. The normalized spacial score (nSPS) is 11.5. The summed E-state index contributed by atoms with van der Waals surface area (Å²) in [5.74, 6) is 2.06. The zero-order valence-corrected chi connectivity index (χ0v) is 39.2. The van der Waals surface area contributed by atoms with Crippen molar-refractivity contribution in [2.24, 2.45) is 0 Å². The van der Waals surface area contributed by atoms with Crippen LogP contribution in [0.5, 0.6) is 11.5 Å². The fourth-order valence-corrected chi connectivity index (χ4v) is 9.11. The summed E-state index contributed by atoms with van der Waals surface area (Å²) in [7, 11) is 0. The summed E-state index contributed by atoms with van der Waals surface area (Å²) in [6.07, 6.45) is 0. The molecule has 0 aliphatic rings. The molecule has 6 nitrogen and oxygen atoms in total. The molecular weight excluding hydrogens is 797 g/mol. The fraction of sp³-hybridized carbons (Fsp3) is 0.220. The van der Waals surface area contributed by atoms with E-state index in [9.17, 15) is 10.2 Å². The van der Waals surface area contributed by atoms with Crippen LogP contribution < -0.4 is 0 Å². The molecule has 0 unspecified atom stereocenters. The molecule has 5 aromatic carbocycles. The second-order valence-corrected chi connectivity index (χ2v) is 18.2. The third-order valence-corrected chi connectivity index (χ3v) is 12.4. The van der Waals surface area contributed by atoms with Crippen LogP contribution in [0.2, 0.25) is 0 Å². The predicted octanol–water partition coefficient (Wildman–Crippen LogP) is 15.8. The zero-order valence-electron chi connectivity index (χ0n) is 39.2. The van der Waals surface area contributed by atoms with Crippen molar-refractivity contribution in [3.05, 3.63) is 204 Å². The number of hydrogen-bond donors (Lipinski definition) is 2. The number of para-hydroxylation sites is 2. The lowest BCUT2D eigenvalue weighted by molar-refractivity contribution is 0.465. The summed E-state index contributed by atoms with van der Waals surface area (Å²) in [5.41, 5.74) is 15.5. The molecule has 0 amide bonds. The SMILES string of the molecule is CC(C)c1ccc(C(C)C)n1-c1cccc(-n2c(C(C)C)ccc2C(C)C)c1O.Cc1ccc(-c2ccccc2)n1-c1cccc(-n2c(-c3ccccc3)ccc2-c2ccccc2)c1O. The highest BCUT2D eigenvalue weighted by Gasteiger charge is 2.24. The molecule has 6 heteroatoms. The average Bonchev–Trinajstić information content (AvgIpc) is 4.13. The Hall–Kier alpha value is -7.18. The number of benzene rings is 5. The van der Waals surface area contributed by atoms with E-state index in [1.54, 1.807) is 0 Å². The second kappa shape index (κ2) is 18.9. The topological polar surface area (TPSA) is 60.2 Å². The highest BCUT2D eigenvalue weighted by atomic mass is 16.3. The van der Waals surface area contributed by atoms with E-state index in [0.29, 0.717) is 29.4 Å². The Morgan fingerprint density at radius 3 is 0.892 bits per heavy atom. The van der Waals surface area contributed by atoms with Crippen molar-refractivity contribution in [1.82, 2.24) is 18.3 Å². The first kappa shape index (κ1) is 44.4. The molecule has 0 saturated heterocycles. The maximum Gasteiger partial charge on any atom is 0.163 e. The van der Waals surface area contributed by atoms with Crippen LogP contribution in [0.3, 0.4) is 0 Å². The highest BCUT2D eigenvalue weighted by Crippen LogP contribution is 2.41. The van der Waals surface area contributed by atoms with Crippen molar-refractivity contribution in [2.45, 2.75) is 86.0 Å². The van der Waals surface area contributed by atoms with Crippen LogP contribution in [0.25, 0.3) is 56.5 Å². The number of aryl methyl sites for hydroxylation is 1. The molecular formula is C59H62N4O2. The standard InChI is InChI=1S/C33H26N2O.C26H36N2O/c1-24-20-21-28(25-12-5-2-6-13-25)34(24)31-18-11-19-32(33(31)36)35-29(26-14-7-3-8-15-26)22-23-30(35)27-16-9-4-10-17-27;1-16(2)20-12-13-21(17(3)4)27(20)24-10-9-11-25(26(24)29)28-22(18(5)6)14-15-23(28)19(7)8/h2-23,36H,1H3;9-19,29H,1-8H3. The Morgan fingerprint density at radius 2 is 0.569 bits per heavy atom. The van der Waals surface area contributed by atoms with Gasteiger partial charge in [0.15, 0.2) is 11.5 Å². The van der Waals surface area contributed by atoms with Crippen LogP contribution in [0.4, 0.5) is 0 Å². The van der Waals surface area contributed by atoms with E-state index < -0.39 is 0 Å². The van der Waals surface area contributed by atoms with Gasteiger partial charge in [0.05, 0.1) is 39.8 Å². The van der Waals surface area contributed by atoms with Crippen molar-refractivity contribution >= 4 is 0 Å². The minimum absolute atomic E-state index is 0.236. The van der Waals surface area contributed by atoms with Crippen molar-refractivity contribution in [2.75, 3.05) is 0 Å². The number of rotatable bonds is 11. The van der Waals surface area contributed by atoms with Crippen LogP contribution in [0.1, 0.15) is 108 Å². The summed E-state index contributed by atoms with van der Waals surface area (Å²) in [6, 6.07) is 60.2. The van der Waals surface area contributed by atoms with Crippen molar-refractivity contribution in [1.29, 1.82) is 0 Å². The number of aromatic hydroxyl groups is 2. The van der Waals surface area contributed by atoms with E-state index in [2.05, 4.69) is 172 Å². The van der Waals surface area contributed by atoms with Crippen LogP contribution in [-0.2, 0) is 0 Å². The minimum atomic E-state index is 0.236. The van der Waals surface area contributed by atoms with Gasteiger partial charge in [-0.25, -0.2) is 0 Å². The van der Waals surface area contributed by atoms with Gasteiger partial charge in [0, 0.05) is 28.5 Å². The molecule has 0 bridgehead atoms. The van der Waals surface area contributed by atoms with Gasteiger partial charge < -0.3 is 28.5 Å². The molecule has 0 saturated carbocycles. The molecule has 9 rings (SSSR count). The van der Waals surface area contributed by atoms with E-state index in [4.69, 9.17) is 0 Å². The lowest BCUT2D eigenvalue weighted by Gasteiger charge is -2.23. The third-order valence-electron chi connectivity index (χ3n) is 12.4. The number of phenolic OH excluding ortho intramolecular Hbond substituents is 2.